The fourth-order valence-electron chi connectivity index (χ4n) is 5.47. The van der Waals surface area contributed by atoms with Gasteiger partial charge in [0, 0.05) is 44.0 Å². The Hall–Kier alpha value is -4.05. The number of nitrogens with one attached hydrogen (secondary N) is 1. The van der Waals surface area contributed by atoms with E-state index < -0.39 is 11.5 Å². The Labute approximate surface area is 210 Å². The minimum absolute atomic E-state index is 0.0467. The van der Waals surface area contributed by atoms with Crippen LogP contribution >= 0.6 is 0 Å². The summed E-state index contributed by atoms with van der Waals surface area (Å²) in [5.74, 6) is 0.0750. The third-order valence-corrected chi connectivity index (χ3v) is 7.57. The number of aryl methyl sites for hydroxylation is 1. The molecule has 2 aromatic carbocycles. The Kier molecular flexibility index (Phi) is 4.78. The molecule has 0 unspecified atom stereocenters. The van der Waals surface area contributed by atoms with E-state index in [2.05, 4.69) is 10.4 Å². The van der Waals surface area contributed by atoms with Gasteiger partial charge in [0.25, 0.3) is 0 Å². The molecule has 0 bridgehead atoms. The first-order valence-electron chi connectivity index (χ1n) is 12.5. The molecule has 1 aliphatic carbocycles. The largest absolute Gasteiger partial charge is 0.338 e. The molecule has 8 nitrogen and oxygen atoms in total. The molecule has 4 heterocycles. The molecule has 0 amide bonds. The van der Waals surface area contributed by atoms with E-state index in [0.717, 1.165) is 30.6 Å². The second kappa shape index (κ2) is 7.97. The number of imidazole rings is 1. The van der Waals surface area contributed by atoms with Crippen LogP contribution in [0.5, 0.6) is 0 Å². The first-order valence-corrected chi connectivity index (χ1v) is 12.5. The van der Waals surface area contributed by atoms with E-state index in [0.29, 0.717) is 34.4 Å². The average molecular weight is 502 g/mol. The van der Waals surface area contributed by atoms with Crippen molar-refractivity contribution in [1.82, 2.24) is 34.0 Å². The van der Waals surface area contributed by atoms with Gasteiger partial charge in [-0.25, -0.2) is 18.3 Å². The highest BCUT2D eigenvalue weighted by atomic mass is 19.1. The summed E-state index contributed by atoms with van der Waals surface area (Å²) in [6.45, 7) is 2.81. The first kappa shape index (κ1) is 22.2. The SMILES string of the molecule is C[C@@H]1NCCc2nn(-c3ccc(F)c(C4CC4)c3)c(-n3ccn(-c4ccc5c(cnn5C)c4F)c3=O)c21. The number of benzene rings is 2. The van der Waals surface area contributed by atoms with Crippen molar-refractivity contribution >= 4 is 10.9 Å². The molecule has 1 N–H and O–H groups in total. The Balaban J connectivity index is 1.43. The zero-order valence-corrected chi connectivity index (χ0v) is 20.4. The molecule has 0 saturated heterocycles. The molecule has 3 aromatic heterocycles. The van der Waals surface area contributed by atoms with E-state index in [4.69, 9.17) is 5.10 Å². The van der Waals surface area contributed by atoms with Gasteiger partial charge in [0.1, 0.15) is 11.6 Å². The molecule has 5 aromatic rings. The highest BCUT2D eigenvalue weighted by molar-refractivity contribution is 5.81. The fraction of sp³-hybridized carbons (Fsp3) is 0.296. The summed E-state index contributed by atoms with van der Waals surface area (Å²) in [6, 6.07) is 8.30. The van der Waals surface area contributed by atoms with Crippen LogP contribution in [-0.2, 0) is 13.5 Å². The Morgan fingerprint density at radius 3 is 2.70 bits per heavy atom. The lowest BCUT2D eigenvalue weighted by Crippen LogP contribution is -2.30. The van der Waals surface area contributed by atoms with E-state index in [-0.39, 0.29) is 23.5 Å². The second-order valence-electron chi connectivity index (χ2n) is 9.92. The number of rotatable bonds is 4. The van der Waals surface area contributed by atoms with Crippen LogP contribution in [0.25, 0.3) is 28.1 Å². The zero-order chi connectivity index (χ0) is 25.4. The van der Waals surface area contributed by atoms with E-state index in [1.165, 1.54) is 21.4 Å². The van der Waals surface area contributed by atoms with Gasteiger partial charge in [0.05, 0.1) is 34.2 Å². The molecule has 1 saturated carbocycles. The van der Waals surface area contributed by atoms with Gasteiger partial charge < -0.3 is 5.32 Å². The topological polar surface area (TPSA) is 74.6 Å². The monoisotopic (exact) mass is 501 g/mol. The smallest absolute Gasteiger partial charge is 0.310 e. The maximum atomic E-state index is 15.5. The minimum atomic E-state index is -0.511. The van der Waals surface area contributed by atoms with Crippen LogP contribution in [0.3, 0.4) is 0 Å². The van der Waals surface area contributed by atoms with Crippen molar-refractivity contribution in [3.05, 3.63) is 87.9 Å². The predicted octanol–water partition coefficient (Wildman–Crippen LogP) is 4.06. The number of halogens is 2. The van der Waals surface area contributed by atoms with Gasteiger partial charge in [-0.3, -0.25) is 13.8 Å². The molecule has 1 fully saturated rings. The first-order chi connectivity index (χ1) is 17.9. The van der Waals surface area contributed by atoms with Crippen LogP contribution in [0, 0.1) is 11.6 Å². The van der Waals surface area contributed by atoms with Crippen molar-refractivity contribution in [2.24, 2.45) is 7.05 Å². The summed E-state index contributed by atoms with van der Waals surface area (Å²) >= 11 is 0. The third-order valence-electron chi connectivity index (χ3n) is 7.57. The van der Waals surface area contributed by atoms with Crippen molar-refractivity contribution in [3.8, 4) is 17.2 Å². The molecular formula is C27H25F2N7O. The van der Waals surface area contributed by atoms with Gasteiger partial charge in [0.2, 0.25) is 0 Å². The van der Waals surface area contributed by atoms with E-state index in [1.807, 2.05) is 13.0 Å². The molecule has 0 radical (unpaired) electrons. The van der Waals surface area contributed by atoms with Crippen LogP contribution in [-0.4, -0.2) is 35.2 Å². The number of nitrogens with zero attached hydrogens (tertiary/aromatic N) is 6. The van der Waals surface area contributed by atoms with Gasteiger partial charge >= 0.3 is 5.69 Å². The maximum Gasteiger partial charge on any atom is 0.338 e. The summed E-state index contributed by atoms with van der Waals surface area (Å²) < 4.78 is 36.1. The Morgan fingerprint density at radius 1 is 1.08 bits per heavy atom. The van der Waals surface area contributed by atoms with Gasteiger partial charge in [-0.15, -0.1) is 0 Å². The molecule has 2 aliphatic rings. The minimum Gasteiger partial charge on any atom is -0.310 e. The van der Waals surface area contributed by atoms with Crippen molar-refractivity contribution in [3.63, 3.8) is 0 Å². The van der Waals surface area contributed by atoms with E-state index >= 15 is 4.39 Å². The van der Waals surface area contributed by atoms with E-state index in [9.17, 15) is 9.18 Å². The summed E-state index contributed by atoms with van der Waals surface area (Å²) in [5, 5.41) is 12.8. The highest BCUT2D eigenvalue weighted by Gasteiger charge is 2.31. The van der Waals surface area contributed by atoms with Gasteiger partial charge in [0.15, 0.2) is 5.82 Å². The lowest BCUT2D eigenvalue weighted by molar-refractivity contribution is 0.536. The van der Waals surface area contributed by atoms with Crippen LogP contribution < -0.4 is 11.0 Å². The number of hydrogen-bond donors (Lipinski definition) is 1. The quantitative estimate of drug-likeness (QED) is 0.403. The zero-order valence-electron chi connectivity index (χ0n) is 20.4. The lowest BCUT2D eigenvalue weighted by Gasteiger charge is -2.21. The van der Waals surface area contributed by atoms with Crippen LogP contribution in [0.4, 0.5) is 8.78 Å². The van der Waals surface area contributed by atoms with Crippen molar-refractivity contribution in [2.45, 2.75) is 38.1 Å². The van der Waals surface area contributed by atoms with Crippen LogP contribution in [0.2, 0.25) is 0 Å². The molecule has 1 atom stereocenters. The van der Waals surface area contributed by atoms with Gasteiger partial charge in [-0.1, -0.05) is 0 Å². The number of hydrogen-bond acceptors (Lipinski definition) is 4. The van der Waals surface area contributed by atoms with Gasteiger partial charge in [-0.05, 0) is 61.6 Å². The molecule has 37 heavy (non-hydrogen) atoms. The summed E-state index contributed by atoms with van der Waals surface area (Å²) in [6.07, 6.45) is 7.31. The van der Waals surface area contributed by atoms with Crippen LogP contribution in [0.15, 0.2) is 53.7 Å². The molecule has 10 heteroatoms. The molecular weight excluding hydrogens is 476 g/mol. The summed E-state index contributed by atoms with van der Waals surface area (Å²) in [7, 11) is 1.74. The average Bonchev–Trinajstić information content (AvgIpc) is 3.40. The third kappa shape index (κ3) is 3.32. The lowest BCUT2D eigenvalue weighted by atomic mass is 10.0. The highest BCUT2D eigenvalue weighted by Crippen LogP contribution is 2.42. The van der Waals surface area contributed by atoms with Crippen LogP contribution in [0.1, 0.15) is 48.5 Å². The number of fused-ring (bicyclic) bond motifs is 2. The molecule has 1 aliphatic heterocycles. The Morgan fingerprint density at radius 2 is 1.89 bits per heavy atom. The van der Waals surface area contributed by atoms with Crippen molar-refractivity contribution in [2.75, 3.05) is 6.54 Å². The van der Waals surface area contributed by atoms with Crippen molar-refractivity contribution in [1.29, 1.82) is 0 Å². The standard InChI is InChI=1S/C27H25F2N7O/c1-15-24-21(9-10-30-15)32-36(17-5-6-20(28)18(13-17)16-3-4-16)26(24)35-12-11-34(27(35)37)23-8-7-22-19(25(23)29)14-31-33(22)2/h5-8,11-16,30H,3-4,9-10H2,1-2H3/t15-/m0/s1. The predicted molar refractivity (Wildman–Crippen MR) is 135 cm³/mol. The van der Waals surface area contributed by atoms with Crippen molar-refractivity contribution < 1.29 is 8.78 Å². The molecule has 0 spiro atoms. The summed E-state index contributed by atoms with van der Waals surface area (Å²) in [4.78, 5) is 13.8. The maximum absolute atomic E-state index is 15.5. The second-order valence-corrected chi connectivity index (χ2v) is 9.92. The Bertz CT molecular complexity index is 1750. The normalized spacial score (nSPS) is 17.5. The summed E-state index contributed by atoms with van der Waals surface area (Å²) in [5.41, 5.74) is 3.54. The molecule has 7 rings (SSSR count). The molecule has 188 valence electrons. The van der Waals surface area contributed by atoms with Gasteiger partial charge in [-0.2, -0.15) is 10.2 Å². The fourth-order valence-corrected chi connectivity index (χ4v) is 5.47. The van der Waals surface area contributed by atoms with E-state index in [1.54, 1.807) is 47.0 Å². The number of aromatic nitrogens is 6.